The monoisotopic (exact) mass is 250 g/mol. The third-order valence-electron chi connectivity index (χ3n) is 2.96. The molecule has 1 unspecified atom stereocenters. The minimum absolute atomic E-state index is 0.305. The van der Waals surface area contributed by atoms with Gasteiger partial charge in [-0.1, -0.05) is 45.9 Å². The van der Waals surface area contributed by atoms with E-state index in [0.717, 1.165) is 16.9 Å². The molecule has 1 rings (SSSR count). The number of carbonyl (C=O) groups is 1. The predicted octanol–water partition coefficient (Wildman–Crippen LogP) is 3.79. The summed E-state index contributed by atoms with van der Waals surface area (Å²) in [5, 5.41) is 8.98. The van der Waals surface area contributed by atoms with Crippen LogP contribution < -0.4 is 4.74 Å². The largest absolute Gasteiger partial charge is 0.479 e. The summed E-state index contributed by atoms with van der Waals surface area (Å²) in [6.07, 6.45) is -0.831. The number of benzene rings is 1. The van der Waals surface area contributed by atoms with Crippen LogP contribution in [0.25, 0.3) is 0 Å². The Kier molecular flexibility index (Phi) is 4.76. The van der Waals surface area contributed by atoms with Crippen LogP contribution in [0.2, 0.25) is 0 Å². The van der Waals surface area contributed by atoms with Gasteiger partial charge in [0, 0.05) is 0 Å². The highest BCUT2D eigenvalue weighted by Gasteiger charge is 2.20. The normalized spacial score (nSPS) is 12.8. The molecule has 3 heteroatoms. The van der Waals surface area contributed by atoms with E-state index in [1.807, 2.05) is 18.2 Å². The maximum Gasteiger partial charge on any atom is 0.344 e. The van der Waals surface area contributed by atoms with E-state index >= 15 is 0 Å². The number of ether oxygens (including phenoxy) is 1. The zero-order chi connectivity index (χ0) is 13.9. The van der Waals surface area contributed by atoms with Crippen LogP contribution in [0, 0.1) is 0 Å². The van der Waals surface area contributed by atoms with Crippen LogP contribution in [0.1, 0.15) is 57.6 Å². The van der Waals surface area contributed by atoms with Gasteiger partial charge in [-0.05, 0) is 29.9 Å². The molecule has 1 N–H and O–H groups in total. The summed E-state index contributed by atoms with van der Waals surface area (Å²) >= 11 is 0. The summed E-state index contributed by atoms with van der Waals surface area (Å²) in [4.78, 5) is 10.9. The van der Waals surface area contributed by atoms with Crippen molar-refractivity contribution in [3.05, 3.63) is 29.3 Å². The Bertz CT molecular complexity index is 395. The Morgan fingerprint density at radius 3 is 1.83 bits per heavy atom. The molecule has 3 nitrogen and oxygen atoms in total. The molecule has 0 aliphatic rings. The average molecular weight is 250 g/mol. The highest BCUT2D eigenvalue weighted by atomic mass is 16.5. The van der Waals surface area contributed by atoms with Crippen LogP contribution in [0.15, 0.2) is 18.2 Å². The lowest BCUT2D eigenvalue weighted by molar-refractivity contribution is -0.144. The molecule has 1 aromatic rings. The molecule has 0 radical (unpaired) electrons. The molecule has 0 amide bonds. The van der Waals surface area contributed by atoms with Gasteiger partial charge in [0.25, 0.3) is 0 Å². The number of hydrogen-bond donors (Lipinski definition) is 1. The van der Waals surface area contributed by atoms with Gasteiger partial charge in [0.05, 0.1) is 0 Å². The van der Waals surface area contributed by atoms with Gasteiger partial charge >= 0.3 is 5.97 Å². The molecule has 0 saturated heterocycles. The Hall–Kier alpha value is -1.51. The average Bonchev–Trinajstić information content (AvgIpc) is 2.28. The molecule has 0 fully saturated rings. The summed E-state index contributed by atoms with van der Waals surface area (Å²) in [7, 11) is 0. The predicted molar refractivity (Wildman–Crippen MR) is 72.3 cm³/mol. The second-order valence-electron chi connectivity index (χ2n) is 5.17. The maximum absolute atomic E-state index is 10.9. The molecular weight excluding hydrogens is 228 g/mol. The van der Waals surface area contributed by atoms with Crippen molar-refractivity contribution in [3.8, 4) is 5.75 Å². The molecule has 0 spiro atoms. The summed E-state index contributed by atoms with van der Waals surface area (Å²) in [6, 6.07) is 6.00. The van der Waals surface area contributed by atoms with Crippen LogP contribution in [0.5, 0.6) is 5.75 Å². The van der Waals surface area contributed by atoms with E-state index in [0.29, 0.717) is 11.8 Å². The van der Waals surface area contributed by atoms with Gasteiger partial charge in [0.15, 0.2) is 6.10 Å². The number of hydrogen-bond acceptors (Lipinski definition) is 2. The molecule has 0 bridgehead atoms. The lowest BCUT2D eigenvalue weighted by atomic mass is 9.94. The van der Waals surface area contributed by atoms with E-state index in [9.17, 15) is 4.79 Å². The lowest BCUT2D eigenvalue weighted by Crippen LogP contribution is -2.24. The highest BCUT2D eigenvalue weighted by Crippen LogP contribution is 2.35. The number of carboxylic acid groups (broad SMARTS) is 1. The molecule has 0 heterocycles. The van der Waals surface area contributed by atoms with Crippen molar-refractivity contribution >= 4 is 5.97 Å². The van der Waals surface area contributed by atoms with Crippen LogP contribution in [-0.2, 0) is 4.79 Å². The van der Waals surface area contributed by atoms with Crippen molar-refractivity contribution in [2.24, 2.45) is 0 Å². The van der Waals surface area contributed by atoms with Gasteiger partial charge < -0.3 is 9.84 Å². The smallest absolute Gasteiger partial charge is 0.344 e. The molecule has 0 aliphatic carbocycles. The molecule has 0 aromatic heterocycles. The second kappa shape index (κ2) is 5.89. The Labute approximate surface area is 109 Å². The van der Waals surface area contributed by atoms with Gasteiger partial charge in [0.1, 0.15) is 5.75 Å². The van der Waals surface area contributed by atoms with Gasteiger partial charge in [-0.15, -0.1) is 0 Å². The van der Waals surface area contributed by atoms with Gasteiger partial charge in [0.2, 0.25) is 0 Å². The van der Waals surface area contributed by atoms with E-state index in [1.54, 1.807) is 6.92 Å². The van der Waals surface area contributed by atoms with Gasteiger partial charge in [-0.25, -0.2) is 4.79 Å². The van der Waals surface area contributed by atoms with E-state index in [4.69, 9.17) is 9.84 Å². The first-order valence-corrected chi connectivity index (χ1v) is 6.36. The zero-order valence-corrected chi connectivity index (χ0v) is 11.7. The first-order valence-electron chi connectivity index (χ1n) is 6.36. The molecule has 1 aromatic carbocycles. The zero-order valence-electron chi connectivity index (χ0n) is 11.7. The molecule has 0 aliphatic heterocycles. The standard InChI is InChI=1S/C15H22O3/c1-9(2)12-7-6-8-13(10(3)4)14(12)18-11(5)15(16)17/h6-11H,1-5H3,(H,16,17). The number of para-hydroxylation sites is 1. The Balaban J connectivity index is 3.22. The summed E-state index contributed by atoms with van der Waals surface area (Å²) in [5.74, 6) is 0.403. The van der Waals surface area contributed by atoms with Crippen LogP contribution in [0.4, 0.5) is 0 Å². The van der Waals surface area contributed by atoms with Gasteiger partial charge in [-0.3, -0.25) is 0 Å². The first kappa shape index (κ1) is 14.6. The highest BCUT2D eigenvalue weighted by molar-refractivity contribution is 5.72. The summed E-state index contributed by atoms with van der Waals surface area (Å²) in [5.41, 5.74) is 2.13. The van der Waals surface area contributed by atoms with Crippen molar-refractivity contribution in [2.75, 3.05) is 0 Å². The van der Waals surface area contributed by atoms with E-state index in [2.05, 4.69) is 27.7 Å². The molecule has 1 atom stereocenters. The molecule has 0 saturated carbocycles. The number of aliphatic carboxylic acids is 1. The lowest BCUT2D eigenvalue weighted by Gasteiger charge is -2.21. The van der Waals surface area contributed by atoms with Crippen LogP contribution in [0.3, 0.4) is 0 Å². The van der Waals surface area contributed by atoms with Crippen molar-refractivity contribution in [1.82, 2.24) is 0 Å². The third-order valence-corrected chi connectivity index (χ3v) is 2.96. The van der Waals surface area contributed by atoms with Crippen molar-refractivity contribution in [2.45, 2.75) is 52.6 Å². The minimum atomic E-state index is -0.941. The third kappa shape index (κ3) is 3.25. The molecule has 18 heavy (non-hydrogen) atoms. The Morgan fingerprint density at radius 1 is 1.06 bits per heavy atom. The topological polar surface area (TPSA) is 46.5 Å². The number of rotatable bonds is 5. The second-order valence-corrected chi connectivity index (χ2v) is 5.17. The molecule has 100 valence electrons. The van der Waals surface area contributed by atoms with Gasteiger partial charge in [-0.2, -0.15) is 0 Å². The fraction of sp³-hybridized carbons (Fsp3) is 0.533. The fourth-order valence-corrected chi connectivity index (χ4v) is 1.85. The minimum Gasteiger partial charge on any atom is -0.479 e. The van der Waals surface area contributed by atoms with E-state index < -0.39 is 12.1 Å². The number of carboxylic acids is 1. The molecular formula is C15H22O3. The quantitative estimate of drug-likeness (QED) is 0.865. The maximum atomic E-state index is 10.9. The van der Waals surface area contributed by atoms with Crippen molar-refractivity contribution in [1.29, 1.82) is 0 Å². The van der Waals surface area contributed by atoms with Crippen LogP contribution in [-0.4, -0.2) is 17.2 Å². The van der Waals surface area contributed by atoms with Crippen molar-refractivity contribution < 1.29 is 14.6 Å². The first-order chi connectivity index (χ1) is 8.34. The van der Waals surface area contributed by atoms with E-state index in [-0.39, 0.29) is 0 Å². The fourth-order valence-electron chi connectivity index (χ4n) is 1.85. The van der Waals surface area contributed by atoms with Crippen LogP contribution >= 0.6 is 0 Å². The van der Waals surface area contributed by atoms with E-state index in [1.165, 1.54) is 0 Å². The SMILES string of the molecule is CC(Oc1c(C(C)C)cccc1C(C)C)C(=O)O. The summed E-state index contributed by atoms with van der Waals surface area (Å²) in [6.45, 7) is 9.88. The summed E-state index contributed by atoms with van der Waals surface area (Å²) < 4.78 is 5.66. The Morgan fingerprint density at radius 2 is 1.50 bits per heavy atom. The van der Waals surface area contributed by atoms with Crippen molar-refractivity contribution in [3.63, 3.8) is 0 Å².